The second-order valence-corrected chi connectivity index (χ2v) is 5.96. The molecule has 118 valence electrons. The number of nitrogens with one attached hydrogen (secondary N) is 2. The molecule has 5 rings (SSSR count). The van der Waals surface area contributed by atoms with Crippen LogP contribution >= 0.6 is 0 Å². The first kappa shape index (κ1) is 13.3. The summed E-state index contributed by atoms with van der Waals surface area (Å²) < 4.78 is 5.52. The Bertz CT molecular complexity index is 1030. The molecule has 3 aromatic heterocycles. The summed E-state index contributed by atoms with van der Waals surface area (Å²) in [5.41, 5.74) is 1.47. The van der Waals surface area contributed by atoms with Gasteiger partial charge in [-0.15, -0.1) is 0 Å². The number of anilines is 3. The minimum absolute atomic E-state index is 0.483. The lowest BCUT2D eigenvalue weighted by Crippen LogP contribution is -2.07. The maximum atomic E-state index is 5.52. The Labute approximate surface area is 137 Å². The van der Waals surface area contributed by atoms with E-state index in [1.807, 2.05) is 30.3 Å². The summed E-state index contributed by atoms with van der Waals surface area (Å²) in [4.78, 5) is 13.6. The molecule has 0 saturated heterocycles. The summed E-state index contributed by atoms with van der Waals surface area (Å²) in [6.45, 7) is 0. The van der Waals surface area contributed by atoms with Gasteiger partial charge in [0.15, 0.2) is 11.4 Å². The fraction of sp³-hybridized carbons (Fsp3) is 0.167. The molecule has 3 heterocycles. The van der Waals surface area contributed by atoms with Crippen LogP contribution in [0.3, 0.4) is 0 Å². The van der Waals surface area contributed by atoms with Gasteiger partial charge in [-0.05, 0) is 24.3 Å². The number of furan rings is 1. The van der Waals surface area contributed by atoms with Crippen LogP contribution in [0.1, 0.15) is 12.8 Å². The number of benzene rings is 1. The van der Waals surface area contributed by atoms with Gasteiger partial charge in [0.05, 0.1) is 6.26 Å². The highest BCUT2D eigenvalue weighted by molar-refractivity contribution is 5.93. The van der Waals surface area contributed by atoms with Gasteiger partial charge < -0.3 is 15.1 Å². The Morgan fingerprint density at radius 1 is 1.00 bits per heavy atom. The largest absolute Gasteiger partial charge is 0.459 e. The number of hydrogen-bond acceptors (Lipinski definition) is 6. The molecule has 1 saturated carbocycles. The van der Waals surface area contributed by atoms with Crippen LogP contribution in [0.15, 0.2) is 53.3 Å². The highest BCUT2D eigenvalue weighted by Crippen LogP contribution is 2.30. The molecule has 6 heteroatoms. The van der Waals surface area contributed by atoms with E-state index in [1.54, 1.807) is 12.5 Å². The zero-order valence-electron chi connectivity index (χ0n) is 12.9. The molecule has 0 unspecified atom stereocenters. The molecule has 0 bridgehead atoms. The van der Waals surface area contributed by atoms with E-state index in [0.717, 1.165) is 27.9 Å². The lowest BCUT2D eigenvalue weighted by molar-refractivity contribution is 0.614. The standard InChI is InChI=1S/C18H15N5O/c1-2-4-13-11(3-1)7-9-19-16(13)22-18-21-14-8-10-24-15(14)17(23-18)20-12-5-6-12/h1-4,7-10,12H,5-6H2,(H2,19,20,21,22,23). The summed E-state index contributed by atoms with van der Waals surface area (Å²) in [7, 11) is 0. The van der Waals surface area contributed by atoms with Crippen molar-refractivity contribution in [3.8, 4) is 0 Å². The monoisotopic (exact) mass is 317 g/mol. The molecule has 0 radical (unpaired) electrons. The molecule has 0 aliphatic heterocycles. The van der Waals surface area contributed by atoms with Crippen molar-refractivity contribution in [1.82, 2.24) is 15.0 Å². The van der Waals surface area contributed by atoms with E-state index in [1.165, 1.54) is 12.8 Å². The van der Waals surface area contributed by atoms with E-state index in [9.17, 15) is 0 Å². The Morgan fingerprint density at radius 2 is 1.92 bits per heavy atom. The van der Waals surface area contributed by atoms with Crippen molar-refractivity contribution in [2.24, 2.45) is 0 Å². The quantitative estimate of drug-likeness (QED) is 0.590. The lowest BCUT2D eigenvalue weighted by Gasteiger charge is -2.10. The van der Waals surface area contributed by atoms with Crippen LogP contribution in [0.4, 0.5) is 17.6 Å². The number of nitrogens with zero attached hydrogens (tertiary/aromatic N) is 3. The molecule has 0 spiro atoms. The zero-order chi connectivity index (χ0) is 15.9. The van der Waals surface area contributed by atoms with Crippen LogP contribution in [0, 0.1) is 0 Å². The van der Waals surface area contributed by atoms with Crippen LogP contribution in [0.5, 0.6) is 0 Å². The average Bonchev–Trinajstić information content (AvgIpc) is 3.29. The van der Waals surface area contributed by atoms with E-state index in [4.69, 9.17) is 4.42 Å². The van der Waals surface area contributed by atoms with Crippen LogP contribution in [-0.2, 0) is 0 Å². The SMILES string of the molecule is c1ccc2c(Nc3nc(NC4CC4)c4occc4n3)nccc2c1. The Morgan fingerprint density at radius 3 is 2.83 bits per heavy atom. The molecular weight excluding hydrogens is 302 g/mol. The third kappa shape index (κ3) is 2.32. The van der Waals surface area contributed by atoms with Crippen molar-refractivity contribution in [3.63, 3.8) is 0 Å². The molecule has 1 aromatic carbocycles. The van der Waals surface area contributed by atoms with Gasteiger partial charge >= 0.3 is 0 Å². The van der Waals surface area contributed by atoms with Gasteiger partial charge in [-0.3, -0.25) is 0 Å². The maximum Gasteiger partial charge on any atom is 0.231 e. The molecule has 0 atom stereocenters. The van der Waals surface area contributed by atoms with Crippen molar-refractivity contribution >= 4 is 39.5 Å². The maximum absolute atomic E-state index is 5.52. The first-order valence-corrected chi connectivity index (χ1v) is 7.99. The van der Waals surface area contributed by atoms with Gasteiger partial charge in [-0.25, -0.2) is 9.97 Å². The smallest absolute Gasteiger partial charge is 0.231 e. The number of fused-ring (bicyclic) bond motifs is 2. The van der Waals surface area contributed by atoms with Gasteiger partial charge in [0.1, 0.15) is 11.3 Å². The Kier molecular flexibility index (Phi) is 2.88. The fourth-order valence-corrected chi connectivity index (χ4v) is 2.76. The number of rotatable bonds is 4. The van der Waals surface area contributed by atoms with Gasteiger partial charge in [0.2, 0.25) is 5.95 Å². The van der Waals surface area contributed by atoms with Crippen LogP contribution in [-0.4, -0.2) is 21.0 Å². The third-order valence-corrected chi connectivity index (χ3v) is 4.13. The fourth-order valence-electron chi connectivity index (χ4n) is 2.76. The minimum Gasteiger partial charge on any atom is -0.459 e. The highest BCUT2D eigenvalue weighted by atomic mass is 16.3. The van der Waals surface area contributed by atoms with Gasteiger partial charge in [-0.1, -0.05) is 24.3 Å². The highest BCUT2D eigenvalue weighted by Gasteiger charge is 2.23. The van der Waals surface area contributed by atoms with Crippen LogP contribution in [0.2, 0.25) is 0 Å². The third-order valence-electron chi connectivity index (χ3n) is 4.13. The van der Waals surface area contributed by atoms with Crippen molar-refractivity contribution in [2.75, 3.05) is 10.6 Å². The summed E-state index contributed by atoms with van der Waals surface area (Å²) in [6, 6.07) is 12.4. The van der Waals surface area contributed by atoms with Gasteiger partial charge in [0.25, 0.3) is 0 Å². The molecular formula is C18H15N5O. The predicted octanol–water partition coefficient (Wildman–Crippen LogP) is 4.09. The van der Waals surface area contributed by atoms with E-state index >= 15 is 0 Å². The molecule has 1 aliphatic carbocycles. The topological polar surface area (TPSA) is 75.9 Å². The second kappa shape index (κ2) is 5.19. The van der Waals surface area contributed by atoms with E-state index in [0.29, 0.717) is 17.6 Å². The van der Waals surface area contributed by atoms with E-state index in [2.05, 4.69) is 31.7 Å². The molecule has 4 aromatic rings. The minimum atomic E-state index is 0.483. The lowest BCUT2D eigenvalue weighted by atomic mass is 10.1. The predicted molar refractivity (Wildman–Crippen MR) is 93.5 cm³/mol. The Hall–Kier alpha value is -3.15. The number of pyridine rings is 1. The first-order valence-electron chi connectivity index (χ1n) is 7.99. The van der Waals surface area contributed by atoms with E-state index in [-0.39, 0.29) is 0 Å². The summed E-state index contributed by atoms with van der Waals surface area (Å²) in [5.74, 6) is 1.99. The molecule has 6 nitrogen and oxygen atoms in total. The molecule has 0 amide bonds. The van der Waals surface area contributed by atoms with Gasteiger partial charge in [0, 0.05) is 23.7 Å². The summed E-state index contributed by atoms with van der Waals surface area (Å²) in [5, 5.41) is 8.81. The Balaban J connectivity index is 1.58. The summed E-state index contributed by atoms with van der Waals surface area (Å²) in [6.07, 6.45) is 5.75. The molecule has 1 aliphatic rings. The first-order chi connectivity index (χ1) is 11.9. The number of aromatic nitrogens is 3. The van der Waals surface area contributed by atoms with Crippen LogP contribution in [0.25, 0.3) is 21.9 Å². The van der Waals surface area contributed by atoms with Crippen molar-refractivity contribution < 1.29 is 4.42 Å². The molecule has 1 fully saturated rings. The van der Waals surface area contributed by atoms with Crippen molar-refractivity contribution in [2.45, 2.75) is 18.9 Å². The zero-order valence-corrected chi connectivity index (χ0v) is 12.9. The normalized spacial score (nSPS) is 14.2. The number of hydrogen-bond donors (Lipinski definition) is 2. The van der Waals surface area contributed by atoms with Gasteiger partial charge in [-0.2, -0.15) is 4.98 Å². The average molecular weight is 317 g/mol. The molecule has 2 N–H and O–H groups in total. The second-order valence-electron chi connectivity index (χ2n) is 5.96. The van der Waals surface area contributed by atoms with E-state index < -0.39 is 0 Å². The van der Waals surface area contributed by atoms with Crippen molar-refractivity contribution in [3.05, 3.63) is 48.9 Å². The summed E-state index contributed by atoms with van der Waals surface area (Å²) >= 11 is 0. The van der Waals surface area contributed by atoms with Crippen molar-refractivity contribution in [1.29, 1.82) is 0 Å². The van der Waals surface area contributed by atoms with Crippen LogP contribution < -0.4 is 10.6 Å². The molecule has 24 heavy (non-hydrogen) atoms.